The summed E-state index contributed by atoms with van der Waals surface area (Å²) in [5, 5.41) is 0. The van der Waals surface area contributed by atoms with Crippen LogP contribution in [0.3, 0.4) is 0 Å². The molecule has 0 aromatic rings. The molecule has 9 heteroatoms. The van der Waals surface area contributed by atoms with Crippen LogP contribution in [0.1, 0.15) is 0 Å². The molecule has 0 N–H and O–H groups in total. The van der Waals surface area contributed by atoms with Crippen molar-refractivity contribution in [2.75, 3.05) is 28.2 Å². The van der Waals surface area contributed by atoms with Gasteiger partial charge in [-0.3, -0.25) is 4.21 Å². The molecule has 15 heavy (non-hydrogen) atoms. The Morgan fingerprint density at radius 2 is 1.47 bits per heavy atom. The van der Waals surface area contributed by atoms with Gasteiger partial charge in [0, 0.05) is 39.3 Å². The van der Waals surface area contributed by atoms with E-state index in [-0.39, 0.29) is 23.8 Å². The monoisotopic (exact) mass is 336 g/mol. The summed E-state index contributed by atoms with van der Waals surface area (Å²) in [5.41, 5.74) is 0. The van der Waals surface area contributed by atoms with Crippen LogP contribution < -0.4 is 0 Å². The summed E-state index contributed by atoms with van der Waals surface area (Å²) in [4.78, 5) is 3.07. The molecular weight excluding hydrogens is 326 g/mol. The molecule has 0 radical (unpaired) electrons. The first-order valence-electron chi connectivity index (χ1n) is 3.39. The van der Waals surface area contributed by atoms with E-state index in [1.54, 1.807) is 19.0 Å². The molecule has 0 rings (SSSR count). The fraction of sp³-hybridized carbons (Fsp3) is 0.667. The average Bonchev–Trinajstić information content (AvgIpc) is 2.03. The standard InChI is InChI=1S/C3H7NO2S2.C3H7NS2.Zn/c1-4(2)3(7)8(5)6;1-4(2)3(5)6;/h1-2H3,(H,5,6);1-2H3,(H,5,6);/q;;+2/p-2. The first-order chi connectivity index (χ1) is 6.20. The van der Waals surface area contributed by atoms with Gasteiger partial charge in [-0.05, 0) is 0 Å². The van der Waals surface area contributed by atoms with Crippen LogP contribution in [0.4, 0.5) is 0 Å². The predicted molar refractivity (Wildman–Crippen MR) is 68.9 cm³/mol. The van der Waals surface area contributed by atoms with E-state index in [0.29, 0.717) is 4.32 Å². The Morgan fingerprint density at radius 3 is 1.47 bits per heavy atom. The Kier molecular flexibility index (Phi) is 15.8. The molecule has 0 aliphatic carbocycles. The number of hydrogen-bond donors (Lipinski definition) is 0. The summed E-state index contributed by atoms with van der Waals surface area (Å²) >= 11 is 11.3. The third-order valence-electron chi connectivity index (χ3n) is 0.873. The molecule has 84 valence electrons. The third-order valence-corrected chi connectivity index (χ3v) is 3.03. The number of nitrogens with zero attached hydrogens (tertiary/aromatic N) is 2. The second-order valence-corrected chi connectivity index (χ2v) is 5.09. The van der Waals surface area contributed by atoms with E-state index in [1.807, 2.05) is 14.1 Å². The molecule has 0 aliphatic rings. The molecule has 0 aromatic heterocycles. The summed E-state index contributed by atoms with van der Waals surface area (Å²) < 4.78 is 20.4. The van der Waals surface area contributed by atoms with Crippen molar-refractivity contribution in [2.45, 2.75) is 0 Å². The van der Waals surface area contributed by atoms with Gasteiger partial charge in [0.2, 0.25) is 0 Å². The SMILES string of the molecule is CN(C)C(=S)S(=O)[O-].CN(C)C(=S)[S-].[Zn+2]. The van der Waals surface area contributed by atoms with Crippen LogP contribution in [0.5, 0.6) is 0 Å². The van der Waals surface area contributed by atoms with Gasteiger partial charge in [0.1, 0.15) is 0 Å². The molecule has 0 saturated carbocycles. The van der Waals surface area contributed by atoms with Crippen molar-refractivity contribution >= 4 is 56.8 Å². The largest absolute Gasteiger partial charge is 2.00 e. The van der Waals surface area contributed by atoms with Crippen LogP contribution in [0, 0.1) is 0 Å². The molecule has 0 amide bonds. The van der Waals surface area contributed by atoms with Gasteiger partial charge in [-0.15, -0.1) is 0 Å². The second kappa shape index (κ2) is 11.2. The van der Waals surface area contributed by atoms with Crippen LogP contribution in [0.2, 0.25) is 0 Å². The maximum Gasteiger partial charge on any atom is 2.00 e. The van der Waals surface area contributed by atoms with Crippen molar-refractivity contribution in [3.05, 3.63) is 0 Å². The first kappa shape index (κ1) is 21.1. The van der Waals surface area contributed by atoms with Crippen molar-refractivity contribution in [3.8, 4) is 0 Å². The maximum absolute atomic E-state index is 9.96. The smallest absolute Gasteiger partial charge is 0.767 e. The van der Waals surface area contributed by atoms with Crippen LogP contribution in [0.15, 0.2) is 0 Å². The number of thiocarbonyl (C=S) groups is 2. The maximum atomic E-state index is 9.96. The summed E-state index contributed by atoms with van der Waals surface area (Å²) in [7, 11) is 6.82. The van der Waals surface area contributed by atoms with E-state index in [2.05, 4.69) is 37.1 Å². The number of hydrogen-bond acceptors (Lipinski definition) is 5. The van der Waals surface area contributed by atoms with Crippen LogP contribution in [0.25, 0.3) is 0 Å². The van der Waals surface area contributed by atoms with Gasteiger partial charge >= 0.3 is 19.5 Å². The average molecular weight is 338 g/mol. The van der Waals surface area contributed by atoms with Gasteiger partial charge in [-0.1, -0.05) is 16.5 Å². The van der Waals surface area contributed by atoms with Crippen molar-refractivity contribution in [2.24, 2.45) is 0 Å². The molecule has 0 saturated heterocycles. The van der Waals surface area contributed by atoms with Gasteiger partial charge in [-0.25, -0.2) is 0 Å². The van der Waals surface area contributed by atoms with E-state index in [9.17, 15) is 8.76 Å². The van der Waals surface area contributed by atoms with E-state index in [0.717, 1.165) is 0 Å². The normalized spacial score (nSPS) is 9.93. The van der Waals surface area contributed by atoms with E-state index < -0.39 is 11.1 Å². The first-order valence-corrected chi connectivity index (χ1v) is 5.69. The van der Waals surface area contributed by atoms with E-state index in [4.69, 9.17) is 0 Å². The minimum Gasteiger partial charge on any atom is -0.767 e. The van der Waals surface area contributed by atoms with Gasteiger partial charge in [0.15, 0.2) is 4.32 Å². The molecule has 0 fully saturated rings. The van der Waals surface area contributed by atoms with Gasteiger partial charge < -0.3 is 39.2 Å². The van der Waals surface area contributed by atoms with Crippen molar-refractivity contribution in [1.82, 2.24) is 9.80 Å². The van der Waals surface area contributed by atoms with Crippen molar-refractivity contribution in [1.29, 1.82) is 0 Å². The minimum atomic E-state index is -2.23. The minimum absolute atomic E-state index is 0. The summed E-state index contributed by atoms with van der Waals surface area (Å²) in [6.45, 7) is 0. The number of rotatable bonds is 0. The fourth-order valence-corrected chi connectivity index (χ4v) is 0.447. The Labute approximate surface area is 122 Å². The van der Waals surface area contributed by atoms with Crippen molar-refractivity contribution < 1.29 is 28.2 Å². The van der Waals surface area contributed by atoms with Gasteiger partial charge in [0.05, 0.1) is 0 Å². The Bertz CT molecular complexity index is 235. The van der Waals surface area contributed by atoms with Gasteiger partial charge in [0.25, 0.3) is 0 Å². The van der Waals surface area contributed by atoms with Crippen molar-refractivity contribution in [3.63, 3.8) is 0 Å². The zero-order valence-corrected chi connectivity index (χ0v) is 15.3. The topological polar surface area (TPSA) is 46.6 Å². The molecular formula is C6H12N2O2S4Zn. The molecule has 4 nitrogen and oxygen atoms in total. The Morgan fingerprint density at radius 1 is 1.20 bits per heavy atom. The van der Waals surface area contributed by atoms with Crippen LogP contribution in [-0.4, -0.2) is 55.4 Å². The Balaban J connectivity index is -0.000000187. The summed E-state index contributed by atoms with van der Waals surface area (Å²) in [5.74, 6) is 0. The molecule has 0 bridgehead atoms. The molecule has 0 aromatic carbocycles. The second-order valence-electron chi connectivity index (χ2n) is 2.56. The third kappa shape index (κ3) is 14.7. The van der Waals surface area contributed by atoms with E-state index in [1.165, 1.54) is 4.90 Å². The summed E-state index contributed by atoms with van der Waals surface area (Å²) in [6, 6.07) is 0. The summed E-state index contributed by atoms with van der Waals surface area (Å²) in [6.07, 6.45) is 0. The molecule has 0 spiro atoms. The van der Waals surface area contributed by atoms with Crippen LogP contribution >= 0.6 is 24.4 Å². The Hall–Kier alpha value is 0.733. The fourth-order valence-electron chi connectivity index (χ4n) is 0.149. The quantitative estimate of drug-likeness (QED) is 0.269. The van der Waals surface area contributed by atoms with Crippen LogP contribution in [-0.2, 0) is 43.2 Å². The predicted octanol–water partition coefficient (Wildman–Crippen LogP) is 0.0893. The van der Waals surface area contributed by atoms with Gasteiger partial charge in [-0.2, -0.15) is 0 Å². The zero-order chi connectivity index (χ0) is 11.9. The zero-order valence-electron chi connectivity index (χ0n) is 9.05. The molecule has 0 heterocycles. The molecule has 0 aliphatic heterocycles. The van der Waals surface area contributed by atoms with E-state index >= 15 is 0 Å². The molecule has 1 unspecified atom stereocenters. The molecule has 1 atom stereocenters.